The standard InChI is InChI=1S/C12H21NO3/c1-5-8-13(10(4)14)11(7-3)12(15)16-9-6-2/h5,11H,1,6-9H2,2-4H3. The Balaban J connectivity index is 4.58. The molecule has 0 spiro atoms. The van der Waals surface area contributed by atoms with Gasteiger partial charge >= 0.3 is 5.97 Å². The molecule has 0 bridgehead atoms. The summed E-state index contributed by atoms with van der Waals surface area (Å²) in [7, 11) is 0. The second-order valence-electron chi connectivity index (χ2n) is 3.55. The molecule has 0 aliphatic heterocycles. The lowest BCUT2D eigenvalue weighted by atomic mass is 10.2. The van der Waals surface area contributed by atoms with Crippen LogP contribution in [0.4, 0.5) is 0 Å². The van der Waals surface area contributed by atoms with E-state index in [9.17, 15) is 9.59 Å². The summed E-state index contributed by atoms with van der Waals surface area (Å²) in [5.41, 5.74) is 0. The molecule has 1 amide bonds. The number of nitrogens with zero attached hydrogens (tertiary/aromatic N) is 1. The van der Waals surface area contributed by atoms with Gasteiger partial charge in [-0.25, -0.2) is 4.79 Å². The highest BCUT2D eigenvalue weighted by Gasteiger charge is 2.26. The van der Waals surface area contributed by atoms with E-state index in [1.165, 1.54) is 11.8 Å². The van der Waals surface area contributed by atoms with Gasteiger partial charge < -0.3 is 9.64 Å². The average Bonchev–Trinajstić information content (AvgIpc) is 2.25. The Hall–Kier alpha value is -1.32. The Morgan fingerprint density at radius 2 is 2.06 bits per heavy atom. The third-order valence-electron chi connectivity index (χ3n) is 2.21. The van der Waals surface area contributed by atoms with Crippen molar-refractivity contribution in [2.24, 2.45) is 0 Å². The zero-order chi connectivity index (χ0) is 12.6. The van der Waals surface area contributed by atoms with Crippen molar-refractivity contribution in [3.8, 4) is 0 Å². The van der Waals surface area contributed by atoms with Crippen LogP contribution < -0.4 is 0 Å². The van der Waals surface area contributed by atoms with Crippen LogP contribution in [0.15, 0.2) is 12.7 Å². The van der Waals surface area contributed by atoms with Crippen molar-refractivity contribution in [3.05, 3.63) is 12.7 Å². The van der Waals surface area contributed by atoms with E-state index in [1.54, 1.807) is 6.08 Å². The summed E-state index contributed by atoms with van der Waals surface area (Å²) in [6, 6.07) is -0.498. The summed E-state index contributed by atoms with van der Waals surface area (Å²) in [4.78, 5) is 24.6. The molecule has 0 fully saturated rings. The SMILES string of the molecule is C=CCN(C(C)=O)C(CC)C(=O)OCCC. The van der Waals surface area contributed by atoms with Crippen molar-refractivity contribution in [2.75, 3.05) is 13.2 Å². The minimum Gasteiger partial charge on any atom is -0.464 e. The lowest BCUT2D eigenvalue weighted by Gasteiger charge is -2.27. The monoisotopic (exact) mass is 227 g/mol. The maximum atomic E-state index is 11.7. The molecule has 4 heteroatoms. The second-order valence-corrected chi connectivity index (χ2v) is 3.55. The third-order valence-corrected chi connectivity index (χ3v) is 2.21. The van der Waals surface area contributed by atoms with Crippen LogP contribution in [0.3, 0.4) is 0 Å². The van der Waals surface area contributed by atoms with Crippen molar-refractivity contribution in [3.63, 3.8) is 0 Å². The minimum atomic E-state index is -0.498. The zero-order valence-corrected chi connectivity index (χ0v) is 10.4. The van der Waals surface area contributed by atoms with Crippen LogP contribution in [0.25, 0.3) is 0 Å². The number of esters is 1. The first-order chi connectivity index (χ1) is 7.58. The van der Waals surface area contributed by atoms with Crippen molar-refractivity contribution >= 4 is 11.9 Å². The highest BCUT2D eigenvalue weighted by atomic mass is 16.5. The van der Waals surface area contributed by atoms with Gasteiger partial charge in [-0.2, -0.15) is 0 Å². The topological polar surface area (TPSA) is 46.6 Å². The molecule has 1 atom stereocenters. The Bertz CT molecular complexity index is 251. The van der Waals surface area contributed by atoms with Crippen molar-refractivity contribution in [1.29, 1.82) is 0 Å². The van der Waals surface area contributed by atoms with E-state index in [0.29, 0.717) is 19.6 Å². The molecule has 4 nitrogen and oxygen atoms in total. The number of hydrogen-bond acceptors (Lipinski definition) is 3. The molecule has 0 rings (SSSR count). The van der Waals surface area contributed by atoms with Crippen molar-refractivity contribution in [2.45, 2.75) is 39.7 Å². The van der Waals surface area contributed by atoms with Gasteiger partial charge in [0.05, 0.1) is 6.61 Å². The summed E-state index contributed by atoms with van der Waals surface area (Å²) in [6.45, 7) is 9.58. The van der Waals surface area contributed by atoms with E-state index in [1.807, 2.05) is 13.8 Å². The minimum absolute atomic E-state index is 0.139. The highest BCUT2D eigenvalue weighted by Crippen LogP contribution is 2.07. The Morgan fingerprint density at radius 1 is 1.44 bits per heavy atom. The van der Waals surface area contributed by atoms with Gasteiger partial charge in [-0.05, 0) is 12.8 Å². The molecular formula is C12H21NO3. The van der Waals surface area contributed by atoms with Gasteiger partial charge in [-0.15, -0.1) is 6.58 Å². The van der Waals surface area contributed by atoms with Crippen LogP contribution in [0.5, 0.6) is 0 Å². The normalized spacial score (nSPS) is 11.7. The van der Waals surface area contributed by atoms with Crippen molar-refractivity contribution in [1.82, 2.24) is 4.90 Å². The number of hydrogen-bond donors (Lipinski definition) is 0. The van der Waals surface area contributed by atoms with E-state index in [0.717, 1.165) is 6.42 Å². The second kappa shape index (κ2) is 7.91. The molecule has 0 saturated heterocycles. The molecule has 0 heterocycles. The maximum Gasteiger partial charge on any atom is 0.328 e. The smallest absolute Gasteiger partial charge is 0.328 e. The van der Waals surface area contributed by atoms with E-state index < -0.39 is 6.04 Å². The van der Waals surface area contributed by atoms with Crippen LogP contribution >= 0.6 is 0 Å². The van der Waals surface area contributed by atoms with Crippen LogP contribution in [-0.2, 0) is 14.3 Å². The van der Waals surface area contributed by atoms with Crippen molar-refractivity contribution < 1.29 is 14.3 Å². The number of carbonyl (C=O) groups is 2. The molecule has 92 valence electrons. The fourth-order valence-corrected chi connectivity index (χ4v) is 1.43. The zero-order valence-electron chi connectivity index (χ0n) is 10.4. The molecule has 1 unspecified atom stereocenters. The van der Waals surface area contributed by atoms with Gasteiger partial charge in [0.25, 0.3) is 0 Å². The highest BCUT2D eigenvalue weighted by molar-refractivity contribution is 5.83. The third kappa shape index (κ3) is 4.47. The van der Waals surface area contributed by atoms with E-state index in [-0.39, 0.29) is 11.9 Å². The molecule has 0 aliphatic rings. The van der Waals surface area contributed by atoms with E-state index in [2.05, 4.69) is 6.58 Å². The Morgan fingerprint density at radius 3 is 2.44 bits per heavy atom. The van der Waals surface area contributed by atoms with Gasteiger partial charge in [0.15, 0.2) is 0 Å². The molecule has 0 aliphatic carbocycles. The van der Waals surface area contributed by atoms with Gasteiger partial charge in [0.2, 0.25) is 5.91 Å². The molecule has 0 aromatic carbocycles. The summed E-state index contributed by atoms with van der Waals surface area (Å²) < 4.78 is 5.05. The number of rotatable bonds is 7. The maximum absolute atomic E-state index is 11.7. The molecule has 0 N–H and O–H groups in total. The molecule has 0 aromatic heterocycles. The molecule has 0 aromatic rings. The van der Waals surface area contributed by atoms with Gasteiger partial charge in [-0.1, -0.05) is 19.9 Å². The first-order valence-electron chi connectivity index (χ1n) is 5.63. The Labute approximate surface area is 97.3 Å². The fraction of sp³-hybridized carbons (Fsp3) is 0.667. The molecule has 16 heavy (non-hydrogen) atoms. The number of ether oxygens (including phenoxy) is 1. The lowest BCUT2D eigenvalue weighted by Crippen LogP contribution is -2.44. The fourth-order valence-electron chi connectivity index (χ4n) is 1.43. The van der Waals surface area contributed by atoms with Crippen LogP contribution in [0.1, 0.15) is 33.6 Å². The average molecular weight is 227 g/mol. The quantitative estimate of drug-likeness (QED) is 0.492. The lowest BCUT2D eigenvalue weighted by molar-refractivity contribution is -0.154. The molecule has 0 saturated carbocycles. The summed E-state index contributed by atoms with van der Waals surface area (Å²) in [5.74, 6) is -0.471. The molecule has 0 radical (unpaired) electrons. The van der Waals surface area contributed by atoms with Gasteiger partial charge in [-0.3, -0.25) is 4.79 Å². The van der Waals surface area contributed by atoms with E-state index in [4.69, 9.17) is 4.74 Å². The largest absolute Gasteiger partial charge is 0.464 e. The summed E-state index contributed by atoms with van der Waals surface area (Å²) in [5, 5.41) is 0. The van der Waals surface area contributed by atoms with Crippen LogP contribution in [0, 0.1) is 0 Å². The first-order valence-corrected chi connectivity index (χ1v) is 5.63. The van der Waals surface area contributed by atoms with Crippen LogP contribution in [-0.4, -0.2) is 36.0 Å². The van der Waals surface area contributed by atoms with Gasteiger partial charge in [0.1, 0.15) is 6.04 Å². The van der Waals surface area contributed by atoms with Crippen LogP contribution in [0.2, 0.25) is 0 Å². The summed E-state index contributed by atoms with van der Waals surface area (Å²) >= 11 is 0. The number of amides is 1. The number of carbonyl (C=O) groups excluding carboxylic acids is 2. The first kappa shape index (κ1) is 14.7. The predicted molar refractivity (Wildman–Crippen MR) is 62.9 cm³/mol. The van der Waals surface area contributed by atoms with E-state index >= 15 is 0 Å². The predicted octanol–water partition coefficient (Wildman–Crippen LogP) is 1.75. The molecular weight excluding hydrogens is 206 g/mol. The summed E-state index contributed by atoms with van der Waals surface area (Å²) in [6.07, 6.45) is 2.94. The Kier molecular flexibility index (Phi) is 7.25. The van der Waals surface area contributed by atoms with Gasteiger partial charge in [0, 0.05) is 13.5 Å².